The van der Waals surface area contributed by atoms with Crippen LogP contribution in [0.3, 0.4) is 0 Å². The minimum Gasteiger partial charge on any atom is -0.352 e. The molecule has 2 amide bonds. The van der Waals surface area contributed by atoms with E-state index < -0.39 is 6.04 Å². The van der Waals surface area contributed by atoms with E-state index in [1.807, 2.05) is 79.7 Å². The number of nitrogens with zero attached hydrogens (tertiary/aromatic N) is 1. The van der Waals surface area contributed by atoms with Crippen LogP contribution >= 0.6 is 11.6 Å². The van der Waals surface area contributed by atoms with E-state index in [4.69, 9.17) is 11.6 Å². The Morgan fingerprint density at radius 3 is 2.29 bits per heavy atom. The summed E-state index contributed by atoms with van der Waals surface area (Å²) in [6.45, 7) is 2.41. The monoisotopic (exact) mass is 488 g/mol. The zero-order chi connectivity index (χ0) is 24.6. The maximum absolute atomic E-state index is 13.8. The largest absolute Gasteiger partial charge is 0.352 e. The molecule has 0 radical (unpaired) electrons. The standard InChI is InChI=1S/C30H33ClN2O2/c1-22-14-16-24(17-15-22)21-33(29(34)20-25-10-7-11-26(31)18-25)28(19-23-8-3-2-4-9-23)30(35)32-27-12-5-6-13-27/h2-4,7-11,14-18,27-28H,5-6,12-13,19-21H2,1H3,(H,32,35)/t28-/m1/s1. The summed E-state index contributed by atoms with van der Waals surface area (Å²) in [6.07, 6.45) is 4.92. The summed E-state index contributed by atoms with van der Waals surface area (Å²) in [7, 11) is 0. The highest BCUT2D eigenvalue weighted by Gasteiger charge is 2.32. The van der Waals surface area contributed by atoms with E-state index in [1.54, 1.807) is 11.0 Å². The predicted octanol–water partition coefficient (Wildman–Crippen LogP) is 5.89. The van der Waals surface area contributed by atoms with Gasteiger partial charge < -0.3 is 10.2 Å². The second-order valence-corrected chi connectivity index (χ2v) is 9.95. The van der Waals surface area contributed by atoms with E-state index in [-0.39, 0.29) is 24.3 Å². The van der Waals surface area contributed by atoms with E-state index in [9.17, 15) is 9.59 Å². The number of hydrogen-bond donors (Lipinski definition) is 1. The second-order valence-electron chi connectivity index (χ2n) is 9.51. The van der Waals surface area contributed by atoms with Crippen LogP contribution < -0.4 is 5.32 Å². The fraction of sp³-hybridized carbons (Fsp3) is 0.333. The maximum atomic E-state index is 13.8. The third kappa shape index (κ3) is 7.19. The molecule has 0 unspecified atom stereocenters. The fourth-order valence-electron chi connectivity index (χ4n) is 4.73. The summed E-state index contributed by atoms with van der Waals surface area (Å²) < 4.78 is 0. The van der Waals surface area contributed by atoms with Crippen LogP contribution in [0.4, 0.5) is 0 Å². The molecule has 0 bridgehead atoms. The first-order valence-corrected chi connectivity index (χ1v) is 12.8. The number of halogens is 1. The molecule has 4 rings (SSSR count). The highest BCUT2D eigenvalue weighted by atomic mass is 35.5. The number of amides is 2. The van der Waals surface area contributed by atoms with Crippen molar-refractivity contribution in [3.05, 3.63) is 106 Å². The Bertz CT molecular complexity index is 1120. The zero-order valence-electron chi connectivity index (χ0n) is 20.3. The molecule has 1 atom stereocenters. The molecule has 1 aliphatic carbocycles. The molecule has 35 heavy (non-hydrogen) atoms. The van der Waals surface area contributed by atoms with Gasteiger partial charge in [-0.3, -0.25) is 9.59 Å². The van der Waals surface area contributed by atoms with Gasteiger partial charge in [0.05, 0.1) is 6.42 Å². The average Bonchev–Trinajstić information content (AvgIpc) is 3.36. The van der Waals surface area contributed by atoms with Gasteiger partial charge in [0.25, 0.3) is 0 Å². The van der Waals surface area contributed by atoms with E-state index in [2.05, 4.69) is 5.32 Å². The molecule has 0 spiro atoms. The third-order valence-electron chi connectivity index (χ3n) is 6.69. The molecule has 1 aliphatic rings. The van der Waals surface area contributed by atoms with Crippen LogP contribution in [0.5, 0.6) is 0 Å². The lowest BCUT2D eigenvalue weighted by Crippen LogP contribution is -2.52. The van der Waals surface area contributed by atoms with Crippen LogP contribution in [0.1, 0.15) is 47.9 Å². The highest BCUT2D eigenvalue weighted by Crippen LogP contribution is 2.21. The number of benzene rings is 3. The van der Waals surface area contributed by atoms with Gasteiger partial charge in [0.2, 0.25) is 11.8 Å². The molecular weight excluding hydrogens is 456 g/mol. The summed E-state index contributed by atoms with van der Waals surface area (Å²) in [4.78, 5) is 29.2. The number of hydrogen-bond acceptors (Lipinski definition) is 2. The topological polar surface area (TPSA) is 49.4 Å². The van der Waals surface area contributed by atoms with Gasteiger partial charge in [0.15, 0.2) is 0 Å². The Morgan fingerprint density at radius 2 is 1.60 bits per heavy atom. The van der Waals surface area contributed by atoms with Crippen molar-refractivity contribution in [3.63, 3.8) is 0 Å². The van der Waals surface area contributed by atoms with Crippen molar-refractivity contribution in [2.75, 3.05) is 0 Å². The van der Waals surface area contributed by atoms with E-state index >= 15 is 0 Å². The third-order valence-corrected chi connectivity index (χ3v) is 6.93. The first kappa shape index (κ1) is 25.0. The number of aryl methyl sites for hydroxylation is 1. The highest BCUT2D eigenvalue weighted by molar-refractivity contribution is 6.30. The van der Waals surface area contributed by atoms with Crippen LogP contribution in [0, 0.1) is 6.92 Å². The van der Waals surface area contributed by atoms with Crippen LogP contribution in [-0.2, 0) is 29.0 Å². The lowest BCUT2D eigenvalue weighted by molar-refractivity contribution is -0.141. The van der Waals surface area contributed by atoms with E-state index in [0.717, 1.165) is 47.9 Å². The second kappa shape index (κ2) is 12.0. The molecule has 1 fully saturated rings. The average molecular weight is 489 g/mol. The summed E-state index contributed by atoms with van der Waals surface area (Å²) in [5.41, 5.74) is 4.03. The Morgan fingerprint density at radius 1 is 0.914 bits per heavy atom. The van der Waals surface area contributed by atoms with Crippen LogP contribution in [0.2, 0.25) is 5.02 Å². The van der Waals surface area contributed by atoms with Gasteiger partial charge in [0.1, 0.15) is 6.04 Å². The van der Waals surface area contributed by atoms with Gasteiger partial charge in [-0.15, -0.1) is 0 Å². The Kier molecular flexibility index (Phi) is 8.59. The molecule has 0 aromatic heterocycles. The fourth-order valence-corrected chi connectivity index (χ4v) is 4.95. The molecular formula is C30H33ClN2O2. The molecule has 3 aromatic rings. The first-order valence-electron chi connectivity index (χ1n) is 12.4. The lowest BCUT2D eigenvalue weighted by Gasteiger charge is -2.32. The van der Waals surface area contributed by atoms with Gasteiger partial charge in [-0.25, -0.2) is 0 Å². The van der Waals surface area contributed by atoms with Crippen molar-refractivity contribution >= 4 is 23.4 Å². The van der Waals surface area contributed by atoms with Crippen LogP contribution in [0.25, 0.3) is 0 Å². The van der Waals surface area contributed by atoms with Gasteiger partial charge in [-0.1, -0.05) is 96.7 Å². The van der Waals surface area contributed by atoms with E-state index in [0.29, 0.717) is 18.0 Å². The summed E-state index contributed by atoms with van der Waals surface area (Å²) in [6, 6.07) is 25.0. The zero-order valence-corrected chi connectivity index (χ0v) is 21.0. The Hall–Kier alpha value is -3.11. The lowest BCUT2D eigenvalue weighted by atomic mass is 10.0. The SMILES string of the molecule is Cc1ccc(CN(C(=O)Cc2cccc(Cl)c2)[C@H](Cc2ccccc2)C(=O)NC2CCCC2)cc1. The van der Waals surface area contributed by atoms with Crippen molar-refractivity contribution in [2.24, 2.45) is 0 Å². The number of nitrogens with one attached hydrogen (secondary N) is 1. The van der Waals surface area contributed by atoms with Crippen molar-refractivity contribution in [3.8, 4) is 0 Å². The summed E-state index contributed by atoms with van der Waals surface area (Å²) in [5, 5.41) is 3.85. The van der Waals surface area contributed by atoms with Crippen LogP contribution in [0.15, 0.2) is 78.9 Å². The van der Waals surface area contributed by atoms with E-state index in [1.165, 1.54) is 0 Å². The van der Waals surface area contributed by atoms with Crippen molar-refractivity contribution in [1.29, 1.82) is 0 Å². The van der Waals surface area contributed by atoms with Crippen molar-refractivity contribution in [1.82, 2.24) is 10.2 Å². The van der Waals surface area contributed by atoms with Crippen molar-refractivity contribution < 1.29 is 9.59 Å². The Balaban J connectivity index is 1.65. The maximum Gasteiger partial charge on any atom is 0.243 e. The molecule has 0 heterocycles. The molecule has 1 saturated carbocycles. The summed E-state index contributed by atoms with van der Waals surface area (Å²) in [5.74, 6) is -0.164. The first-order chi connectivity index (χ1) is 17.0. The van der Waals surface area contributed by atoms with Crippen LogP contribution in [-0.4, -0.2) is 28.8 Å². The quantitative estimate of drug-likeness (QED) is 0.408. The van der Waals surface area contributed by atoms with Gasteiger partial charge in [0, 0.05) is 24.0 Å². The number of carbonyl (C=O) groups excluding carboxylic acids is 2. The number of carbonyl (C=O) groups is 2. The van der Waals surface area contributed by atoms with Gasteiger partial charge in [-0.2, -0.15) is 0 Å². The summed E-state index contributed by atoms with van der Waals surface area (Å²) >= 11 is 6.18. The smallest absolute Gasteiger partial charge is 0.243 e. The molecule has 5 heteroatoms. The normalized spacial score (nSPS) is 14.5. The van der Waals surface area contributed by atoms with Gasteiger partial charge >= 0.3 is 0 Å². The molecule has 4 nitrogen and oxygen atoms in total. The molecule has 0 aliphatic heterocycles. The predicted molar refractivity (Wildman–Crippen MR) is 141 cm³/mol. The van der Waals surface area contributed by atoms with Gasteiger partial charge in [-0.05, 0) is 48.6 Å². The molecule has 1 N–H and O–H groups in total. The minimum atomic E-state index is -0.606. The molecule has 0 saturated heterocycles. The molecule has 3 aromatic carbocycles. The minimum absolute atomic E-state index is 0.0766. The molecule has 182 valence electrons. The van der Waals surface area contributed by atoms with Crippen molar-refractivity contribution in [2.45, 2.75) is 64.1 Å². The Labute approximate surface area is 213 Å². The number of rotatable bonds is 9.